The highest BCUT2D eigenvalue weighted by molar-refractivity contribution is 4.98. The highest BCUT2D eigenvalue weighted by Crippen LogP contribution is 2.39. The molecule has 0 saturated carbocycles. The minimum absolute atomic E-state index is 0.283. The molecular weight excluding hydrogens is 260 g/mol. The zero-order valence-corrected chi connectivity index (χ0v) is 13.4. The summed E-state index contributed by atoms with van der Waals surface area (Å²) in [7, 11) is 0. The Kier molecular flexibility index (Phi) is 7.63. The Morgan fingerprint density at radius 2 is 1.30 bits per heavy atom. The Morgan fingerprint density at radius 1 is 0.850 bits per heavy atom. The molecule has 0 aromatic rings. The summed E-state index contributed by atoms with van der Waals surface area (Å²) in [6.45, 7) is 8.44. The van der Waals surface area contributed by atoms with Gasteiger partial charge in [0.15, 0.2) is 0 Å². The van der Waals surface area contributed by atoms with Crippen LogP contribution in [0.3, 0.4) is 0 Å². The Balaban J connectivity index is 5.31. The highest BCUT2D eigenvalue weighted by atomic mass is 16.4. The highest BCUT2D eigenvalue weighted by Gasteiger charge is 2.48. The van der Waals surface area contributed by atoms with Gasteiger partial charge in [-0.05, 0) is 26.2 Å². The maximum Gasteiger partial charge on any atom is 0.107 e. The molecule has 0 bridgehead atoms. The van der Waals surface area contributed by atoms with Crippen LogP contribution in [0.5, 0.6) is 0 Å². The summed E-state index contributed by atoms with van der Waals surface area (Å²) in [5, 5.41) is 50.5. The van der Waals surface area contributed by atoms with Gasteiger partial charge >= 0.3 is 0 Å². The summed E-state index contributed by atoms with van der Waals surface area (Å²) in [5.74, 6) is 0. The molecule has 5 nitrogen and oxygen atoms in total. The van der Waals surface area contributed by atoms with Crippen molar-refractivity contribution < 1.29 is 25.5 Å². The summed E-state index contributed by atoms with van der Waals surface area (Å²) in [6.07, 6.45) is -3.32. The lowest BCUT2D eigenvalue weighted by molar-refractivity contribution is -0.174. The maximum atomic E-state index is 10.5. The van der Waals surface area contributed by atoms with Crippen molar-refractivity contribution in [1.29, 1.82) is 0 Å². The molecule has 0 amide bonds. The molecule has 20 heavy (non-hydrogen) atoms. The third-order valence-corrected chi connectivity index (χ3v) is 5.27. The van der Waals surface area contributed by atoms with Crippen LogP contribution in [0, 0.1) is 10.8 Å². The Bertz CT molecular complexity index is 271. The molecular formula is C15H32O5. The van der Waals surface area contributed by atoms with E-state index in [1.807, 2.05) is 13.8 Å². The van der Waals surface area contributed by atoms with Crippen LogP contribution in [0.4, 0.5) is 0 Å². The van der Waals surface area contributed by atoms with E-state index in [9.17, 15) is 25.5 Å². The van der Waals surface area contributed by atoms with Crippen LogP contribution in [0.15, 0.2) is 0 Å². The van der Waals surface area contributed by atoms with E-state index in [4.69, 9.17) is 0 Å². The van der Waals surface area contributed by atoms with Crippen molar-refractivity contribution in [2.45, 2.75) is 78.3 Å². The zero-order valence-electron chi connectivity index (χ0n) is 13.4. The Morgan fingerprint density at radius 3 is 1.55 bits per heavy atom. The van der Waals surface area contributed by atoms with Crippen LogP contribution in [0.2, 0.25) is 0 Å². The van der Waals surface area contributed by atoms with Gasteiger partial charge in [0.25, 0.3) is 0 Å². The van der Waals surface area contributed by atoms with Crippen molar-refractivity contribution in [2.24, 2.45) is 10.8 Å². The van der Waals surface area contributed by atoms with E-state index in [1.165, 1.54) is 0 Å². The molecule has 0 aliphatic rings. The summed E-state index contributed by atoms with van der Waals surface area (Å²) in [6, 6.07) is 0. The molecule has 0 fully saturated rings. The Labute approximate surface area is 122 Å². The van der Waals surface area contributed by atoms with Crippen molar-refractivity contribution in [3.63, 3.8) is 0 Å². The molecule has 5 N–H and O–H groups in total. The normalized spacial score (nSPS) is 21.9. The quantitative estimate of drug-likeness (QED) is 0.430. The minimum Gasteiger partial charge on any atom is -0.396 e. The average Bonchev–Trinajstić information content (AvgIpc) is 2.46. The fourth-order valence-electron chi connectivity index (χ4n) is 2.85. The predicted molar refractivity (Wildman–Crippen MR) is 78.2 cm³/mol. The van der Waals surface area contributed by atoms with Crippen molar-refractivity contribution in [3.8, 4) is 0 Å². The second kappa shape index (κ2) is 7.71. The van der Waals surface area contributed by atoms with Crippen LogP contribution >= 0.6 is 0 Å². The standard InChI is InChI=1S/C15H32O5/c1-6-14(5,9-16)12(19)11(18)13(20)15(7-2,8-3)10(4)17/h10-13,16-20H,6-9H2,1-5H3. The molecule has 0 aromatic carbocycles. The van der Waals surface area contributed by atoms with Gasteiger partial charge < -0.3 is 25.5 Å². The molecule has 0 spiro atoms. The lowest BCUT2D eigenvalue weighted by atomic mass is 9.68. The van der Waals surface area contributed by atoms with Crippen LogP contribution in [0.25, 0.3) is 0 Å². The van der Waals surface area contributed by atoms with Crippen molar-refractivity contribution in [3.05, 3.63) is 0 Å². The first-order valence-corrected chi connectivity index (χ1v) is 7.49. The third kappa shape index (κ3) is 3.52. The summed E-state index contributed by atoms with van der Waals surface area (Å²) in [5.41, 5.74) is -1.75. The van der Waals surface area contributed by atoms with Gasteiger partial charge in [0.2, 0.25) is 0 Å². The van der Waals surface area contributed by atoms with Gasteiger partial charge in [-0.25, -0.2) is 0 Å². The fourth-order valence-corrected chi connectivity index (χ4v) is 2.85. The number of aliphatic hydroxyl groups is 5. The third-order valence-electron chi connectivity index (χ3n) is 5.27. The summed E-state index contributed by atoms with van der Waals surface area (Å²) >= 11 is 0. The van der Waals surface area contributed by atoms with Gasteiger partial charge in [-0.3, -0.25) is 0 Å². The van der Waals surface area contributed by atoms with E-state index in [1.54, 1.807) is 20.8 Å². The molecule has 0 saturated heterocycles. The molecule has 0 aliphatic heterocycles. The monoisotopic (exact) mass is 292 g/mol. The first-order chi connectivity index (χ1) is 9.16. The zero-order chi connectivity index (χ0) is 16.1. The van der Waals surface area contributed by atoms with E-state index >= 15 is 0 Å². The lowest BCUT2D eigenvalue weighted by Crippen LogP contribution is -2.56. The first-order valence-electron chi connectivity index (χ1n) is 7.49. The fraction of sp³-hybridized carbons (Fsp3) is 1.00. The van der Waals surface area contributed by atoms with E-state index in [0.29, 0.717) is 19.3 Å². The van der Waals surface area contributed by atoms with Gasteiger partial charge in [0.05, 0.1) is 24.9 Å². The summed E-state index contributed by atoms with van der Waals surface area (Å²) in [4.78, 5) is 0. The van der Waals surface area contributed by atoms with E-state index in [-0.39, 0.29) is 6.61 Å². The van der Waals surface area contributed by atoms with Crippen LogP contribution in [-0.4, -0.2) is 56.6 Å². The number of hydrogen-bond acceptors (Lipinski definition) is 5. The van der Waals surface area contributed by atoms with E-state index < -0.39 is 35.2 Å². The van der Waals surface area contributed by atoms with E-state index in [2.05, 4.69) is 0 Å². The molecule has 5 heteroatoms. The van der Waals surface area contributed by atoms with Gasteiger partial charge in [-0.15, -0.1) is 0 Å². The molecule has 5 unspecified atom stereocenters. The van der Waals surface area contributed by atoms with Gasteiger partial charge in [0.1, 0.15) is 6.10 Å². The molecule has 0 aliphatic carbocycles. The van der Waals surface area contributed by atoms with Gasteiger partial charge in [-0.2, -0.15) is 0 Å². The maximum absolute atomic E-state index is 10.5. The lowest BCUT2D eigenvalue weighted by Gasteiger charge is -2.45. The second-order valence-electron chi connectivity index (χ2n) is 6.16. The Hall–Kier alpha value is -0.200. The number of aliphatic hydroxyl groups excluding tert-OH is 5. The number of hydrogen-bond donors (Lipinski definition) is 5. The second-order valence-corrected chi connectivity index (χ2v) is 6.16. The van der Waals surface area contributed by atoms with Crippen LogP contribution in [-0.2, 0) is 0 Å². The minimum atomic E-state index is -1.42. The predicted octanol–water partition coefficient (Wildman–Crippen LogP) is 0.665. The molecule has 5 atom stereocenters. The smallest absolute Gasteiger partial charge is 0.107 e. The SMILES string of the molecule is CCC(C)(CO)C(O)C(O)C(O)C(CC)(CC)C(C)O. The van der Waals surface area contributed by atoms with Gasteiger partial charge in [-0.1, -0.05) is 27.7 Å². The molecule has 0 rings (SSSR count). The molecule has 0 heterocycles. The van der Waals surface area contributed by atoms with Crippen molar-refractivity contribution >= 4 is 0 Å². The number of rotatable bonds is 9. The van der Waals surface area contributed by atoms with Crippen molar-refractivity contribution in [2.75, 3.05) is 6.61 Å². The topological polar surface area (TPSA) is 101 Å². The molecule has 122 valence electrons. The van der Waals surface area contributed by atoms with Crippen molar-refractivity contribution in [1.82, 2.24) is 0 Å². The average molecular weight is 292 g/mol. The summed E-state index contributed by atoms with van der Waals surface area (Å²) < 4.78 is 0. The molecule has 0 aromatic heterocycles. The van der Waals surface area contributed by atoms with Gasteiger partial charge in [0, 0.05) is 10.8 Å². The first kappa shape index (κ1) is 19.8. The van der Waals surface area contributed by atoms with Crippen LogP contribution in [0.1, 0.15) is 53.9 Å². The van der Waals surface area contributed by atoms with Crippen LogP contribution < -0.4 is 0 Å². The largest absolute Gasteiger partial charge is 0.396 e. The van der Waals surface area contributed by atoms with E-state index in [0.717, 1.165) is 0 Å². The molecule has 0 radical (unpaired) electrons.